The minimum atomic E-state index is 0.130. The predicted molar refractivity (Wildman–Crippen MR) is 103 cm³/mol. The zero-order chi connectivity index (χ0) is 18.1. The molecule has 0 bridgehead atoms. The number of nitrogens with one attached hydrogen (secondary N) is 2. The molecule has 3 N–H and O–H groups in total. The maximum absolute atomic E-state index is 10.1. The van der Waals surface area contributed by atoms with Crippen molar-refractivity contribution >= 4 is 17.6 Å². The Morgan fingerprint density at radius 2 is 1.92 bits per heavy atom. The van der Waals surface area contributed by atoms with Gasteiger partial charge in [-0.3, -0.25) is 0 Å². The number of hydrogen-bond donors (Lipinski definition) is 3. The Morgan fingerprint density at radius 3 is 2.60 bits per heavy atom. The summed E-state index contributed by atoms with van der Waals surface area (Å²) in [5, 5.41) is 17.4. The minimum Gasteiger partial charge on any atom is -0.504 e. The molecule has 0 aliphatic carbocycles. The van der Waals surface area contributed by atoms with Crippen molar-refractivity contribution in [2.24, 2.45) is 4.99 Å². The first-order chi connectivity index (χ1) is 12.1. The van der Waals surface area contributed by atoms with Gasteiger partial charge in [-0.1, -0.05) is 35.9 Å². The summed E-state index contributed by atoms with van der Waals surface area (Å²) >= 11 is 5.90. The Morgan fingerprint density at radius 1 is 1.16 bits per heavy atom. The van der Waals surface area contributed by atoms with Gasteiger partial charge in [0.25, 0.3) is 0 Å². The molecule has 0 atom stereocenters. The molecule has 2 rings (SSSR count). The van der Waals surface area contributed by atoms with Crippen LogP contribution in [0.5, 0.6) is 11.5 Å². The highest BCUT2D eigenvalue weighted by atomic mass is 35.5. The third-order valence-corrected chi connectivity index (χ3v) is 3.93. The fourth-order valence-electron chi connectivity index (χ4n) is 2.34. The SMILES string of the molecule is CCNC(=NCc1cccc(OC)c1O)NCCc1ccc(Cl)cc1. The number of methoxy groups -OCH3 is 1. The van der Waals surface area contributed by atoms with Gasteiger partial charge in [0.1, 0.15) is 0 Å². The van der Waals surface area contributed by atoms with E-state index < -0.39 is 0 Å². The number of ether oxygens (including phenoxy) is 1. The highest BCUT2D eigenvalue weighted by Crippen LogP contribution is 2.29. The first-order valence-electron chi connectivity index (χ1n) is 8.25. The number of benzene rings is 2. The number of guanidine groups is 1. The Labute approximate surface area is 153 Å². The van der Waals surface area contributed by atoms with E-state index in [1.165, 1.54) is 12.7 Å². The molecule has 0 saturated heterocycles. The average Bonchev–Trinajstić information content (AvgIpc) is 2.62. The predicted octanol–water partition coefficient (Wildman–Crippen LogP) is 3.35. The molecule has 25 heavy (non-hydrogen) atoms. The van der Waals surface area contributed by atoms with Crippen molar-refractivity contribution in [2.75, 3.05) is 20.2 Å². The van der Waals surface area contributed by atoms with Crippen molar-refractivity contribution in [3.05, 3.63) is 58.6 Å². The summed E-state index contributed by atoms with van der Waals surface area (Å²) in [7, 11) is 1.53. The largest absolute Gasteiger partial charge is 0.504 e. The van der Waals surface area contributed by atoms with Crippen LogP contribution in [-0.4, -0.2) is 31.3 Å². The van der Waals surface area contributed by atoms with E-state index in [-0.39, 0.29) is 5.75 Å². The van der Waals surface area contributed by atoms with Crippen LogP contribution in [0.15, 0.2) is 47.5 Å². The van der Waals surface area contributed by atoms with Gasteiger partial charge in [0.15, 0.2) is 17.5 Å². The molecule has 0 heterocycles. The maximum Gasteiger partial charge on any atom is 0.191 e. The molecule has 0 fully saturated rings. The quantitative estimate of drug-likeness (QED) is 0.522. The lowest BCUT2D eigenvalue weighted by Crippen LogP contribution is -2.38. The van der Waals surface area contributed by atoms with E-state index in [1.54, 1.807) is 6.07 Å². The van der Waals surface area contributed by atoms with E-state index in [1.807, 2.05) is 43.3 Å². The molecule has 0 aliphatic rings. The number of aromatic hydroxyl groups is 1. The van der Waals surface area contributed by atoms with Gasteiger partial charge < -0.3 is 20.5 Å². The van der Waals surface area contributed by atoms with Crippen LogP contribution >= 0.6 is 11.6 Å². The van der Waals surface area contributed by atoms with Crippen LogP contribution in [0.3, 0.4) is 0 Å². The lowest BCUT2D eigenvalue weighted by molar-refractivity contribution is 0.370. The zero-order valence-corrected chi connectivity index (χ0v) is 15.3. The van der Waals surface area contributed by atoms with Crippen LogP contribution in [0.25, 0.3) is 0 Å². The van der Waals surface area contributed by atoms with Crippen LogP contribution in [-0.2, 0) is 13.0 Å². The molecule has 2 aromatic carbocycles. The molecular weight excluding hydrogens is 338 g/mol. The van der Waals surface area contributed by atoms with E-state index in [0.717, 1.165) is 24.5 Å². The average molecular weight is 362 g/mol. The van der Waals surface area contributed by atoms with Crippen molar-refractivity contribution in [1.82, 2.24) is 10.6 Å². The number of phenolic OH excluding ortho intramolecular Hbond substituents is 1. The molecule has 134 valence electrons. The first-order valence-corrected chi connectivity index (χ1v) is 8.63. The monoisotopic (exact) mass is 361 g/mol. The fraction of sp³-hybridized carbons (Fsp3) is 0.316. The number of phenols is 1. The van der Waals surface area contributed by atoms with Crippen LogP contribution in [0, 0.1) is 0 Å². The van der Waals surface area contributed by atoms with Crippen molar-refractivity contribution in [3.63, 3.8) is 0 Å². The summed E-state index contributed by atoms with van der Waals surface area (Å²) in [5.41, 5.74) is 1.92. The maximum atomic E-state index is 10.1. The molecule has 2 aromatic rings. The minimum absolute atomic E-state index is 0.130. The lowest BCUT2D eigenvalue weighted by atomic mass is 10.1. The second-order valence-electron chi connectivity index (χ2n) is 5.47. The molecule has 5 nitrogen and oxygen atoms in total. The van der Waals surface area contributed by atoms with Crippen molar-refractivity contribution < 1.29 is 9.84 Å². The van der Waals surface area contributed by atoms with Crippen molar-refractivity contribution in [3.8, 4) is 11.5 Å². The molecule has 6 heteroatoms. The van der Waals surface area contributed by atoms with Crippen molar-refractivity contribution in [2.45, 2.75) is 19.9 Å². The highest BCUT2D eigenvalue weighted by molar-refractivity contribution is 6.30. The third-order valence-electron chi connectivity index (χ3n) is 3.67. The fourth-order valence-corrected chi connectivity index (χ4v) is 2.47. The molecule has 0 aromatic heterocycles. The molecule has 0 spiro atoms. The van der Waals surface area contributed by atoms with E-state index in [0.29, 0.717) is 23.8 Å². The Balaban J connectivity index is 1.95. The summed E-state index contributed by atoms with van der Waals surface area (Å²) in [4.78, 5) is 4.52. The van der Waals surface area contributed by atoms with Gasteiger partial charge in [-0.05, 0) is 37.1 Å². The lowest BCUT2D eigenvalue weighted by Gasteiger charge is -2.12. The summed E-state index contributed by atoms with van der Waals surface area (Å²) in [5.74, 6) is 1.29. The van der Waals surface area contributed by atoms with Gasteiger partial charge in [0, 0.05) is 23.7 Å². The number of nitrogens with zero attached hydrogens (tertiary/aromatic N) is 1. The second kappa shape index (κ2) is 9.79. The molecule has 0 radical (unpaired) electrons. The molecule has 0 saturated carbocycles. The Hall–Kier alpha value is -2.40. The zero-order valence-electron chi connectivity index (χ0n) is 14.6. The standard InChI is InChI=1S/C19H24ClN3O2/c1-3-21-19(22-12-11-14-7-9-16(20)10-8-14)23-13-15-5-4-6-17(25-2)18(15)24/h4-10,24H,3,11-13H2,1-2H3,(H2,21,22,23). The van der Waals surface area contributed by atoms with E-state index in [2.05, 4.69) is 15.6 Å². The van der Waals surface area contributed by atoms with Gasteiger partial charge in [-0.25, -0.2) is 4.99 Å². The van der Waals surface area contributed by atoms with Gasteiger partial charge in [-0.2, -0.15) is 0 Å². The highest BCUT2D eigenvalue weighted by Gasteiger charge is 2.07. The molecule has 0 amide bonds. The molecule has 0 unspecified atom stereocenters. The van der Waals surface area contributed by atoms with Crippen molar-refractivity contribution in [1.29, 1.82) is 0 Å². The second-order valence-corrected chi connectivity index (χ2v) is 5.90. The number of rotatable bonds is 7. The third kappa shape index (κ3) is 5.87. The van der Waals surface area contributed by atoms with E-state index in [4.69, 9.17) is 16.3 Å². The molecule has 0 aliphatic heterocycles. The Kier molecular flexibility index (Phi) is 7.41. The summed E-state index contributed by atoms with van der Waals surface area (Å²) < 4.78 is 5.12. The van der Waals surface area contributed by atoms with Gasteiger partial charge >= 0.3 is 0 Å². The van der Waals surface area contributed by atoms with E-state index in [9.17, 15) is 5.11 Å². The van der Waals surface area contributed by atoms with Crippen LogP contribution in [0.2, 0.25) is 5.02 Å². The number of hydrogen-bond acceptors (Lipinski definition) is 3. The molecular formula is C19H24ClN3O2. The van der Waals surface area contributed by atoms with Gasteiger partial charge in [0.2, 0.25) is 0 Å². The number of para-hydroxylation sites is 1. The summed E-state index contributed by atoms with van der Waals surface area (Å²) in [6, 6.07) is 13.2. The van der Waals surface area contributed by atoms with Crippen LogP contribution in [0.4, 0.5) is 0 Å². The van der Waals surface area contributed by atoms with Crippen LogP contribution < -0.4 is 15.4 Å². The van der Waals surface area contributed by atoms with E-state index >= 15 is 0 Å². The summed E-state index contributed by atoms with van der Waals surface area (Å²) in [6.45, 7) is 3.88. The van der Waals surface area contributed by atoms with Gasteiger partial charge in [0.05, 0.1) is 13.7 Å². The summed E-state index contributed by atoms with van der Waals surface area (Å²) in [6.07, 6.45) is 0.867. The topological polar surface area (TPSA) is 65.9 Å². The number of halogens is 1. The van der Waals surface area contributed by atoms with Crippen LogP contribution in [0.1, 0.15) is 18.1 Å². The first kappa shape index (κ1) is 18.9. The number of aliphatic imine (C=N–C) groups is 1. The normalized spacial score (nSPS) is 11.2. The van der Waals surface area contributed by atoms with Gasteiger partial charge in [-0.15, -0.1) is 0 Å². The Bertz CT molecular complexity index is 702. The smallest absolute Gasteiger partial charge is 0.191 e.